The van der Waals surface area contributed by atoms with E-state index in [1.165, 1.54) is 19.3 Å². The van der Waals surface area contributed by atoms with E-state index in [1.807, 2.05) is 25.1 Å². The zero-order valence-electron chi connectivity index (χ0n) is 16.2. The number of aryl methyl sites for hydroxylation is 1. The Kier molecular flexibility index (Phi) is 6.17. The molecule has 3 heterocycles. The molecule has 1 aromatic carbocycles. The first-order chi connectivity index (χ1) is 13.8. The van der Waals surface area contributed by atoms with Gasteiger partial charge in [-0.25, -0.2) is 4.98 Å². The molecule has 0 bridgehead atoms. The smallest absolute Gasteiger partial charge is 0.191 e. The molecule has 0 saturated heterocycles. The summed E-state index contributed by atoms with van der Waals surface area (Å²) in [5.41, 5.74) is 2.10. The molecular formula is C20H24N4O2S2. The second kappa shape index (κ2) is 8.96. The van der Waals surface area contributed by atoms with Gasteiger partial charge in [0.15, 0.2) is 16.7 Å². The van der Waals surface area contributed by atoms with Crippen LogP contribution in [0, 0.1) is 0 Å². The SMILES string of the molecule is CCOc1ccc(-c2nc(CSc3nnc4n3CCCCC4)cs2)cc1OC. The van der Waals surface area contributed by atoms with Gasteiger partial charge in [-0.1, -0.05) is 18.2 Å². The van der Waals surface area contributed by atoms with E-state index in [4.69, 9.17) is 14.5 Å². The van der Waals surface area contributed by atoms with Crippen LogP contribution < -0.4 is 9.47 Å². The summed E-state index contributed by atoms with van der Waals surface area (Å²) in [4.78, 5) is 4.81. The molecule has 0 saturated carbocycles. The van der Waals surface area contributed by atoms with Gasteiger partial charge in [0.25, 0.3) is 0 Å². The third kappa shape index (κ3) is 4.17. The fraction of sp³-hybridized carbons (Fsp3) is 0.450. The molecule has 0 fully saturated rings. The van der Waals surface area contributed by atoms with Crippen molar-refractivity contribution in [1.29, 1.82) is 0 Å². The van der Waals surface area contributed by atoms with Crippen molar-refractivity contribution in [3.05, 3.63) is 35.1 Å². The number of thioether (sulfide) groups is 1. The Morgan fingerprint density at radius 2 is 2.11 bits per heavy atom. The standard InChI is InChI=1S/C20H24N4O2S2/c1-3-26-16-9-8-14(11-17(16)25-2)19-21-15(12-27-19)13-28-20-23-22-18-7-5-4-6-10-24(18)20/h8-9,11-12H,3-7,10,13H2,1-2H3. The number of benzene rings is 1. The lowest BCUT2D eigenvalue weighted by atomic mass is 10.2. The maximum absolute atomic E-state index is 5.60. The quantitative estimate of drug-likeness (QED) is 0.514. The van der Waals surface area contributed by atoms with Gasteiger partial charge in [-0.3, -0.25) is 0 Å². The summed E-state index contributed by atoms with van der Waals surface area (Å²) in [6.07, 6.45) is 4.73. The molecule has 0 unspecified atom stereocenters. The Bertz CT molecular complexity index is 938. The first-order valence-electron chi connectivity index (χ1n) is 9.59. The van der Waals surface area contributed by atoms with E-state index in [1.54, 1.807) is 30.2 Å². The molecule has 4 rings (SSSR count). The molecular weight excluding hydrogens is 392 g/mol. The highest BCUT2D eigenvalue weighted by Gasteiger charge is 2.16. The number of thiazole rings is 1. The molecule has 6 nitrogen and oxygen atoms in total. The fourth-order valence-electron chi connectivity index (χ4n) is 3.28. The third-order valence-electron chi connectivity index (χ3n) is 4.69. The maximum atomic E-state index is 5.60. The van der Waals surface area contributed by atoms with Gasteiger partial charge in [-0.05, 0) is 38.0 Å². The van der Waals surface area contributed by atoms with Crippen LogP contribution in [0.25, 0.3) is 10.6 Å². The van der Waals surface area contributed by atoms with Crippen molar-refractivity contribution in [2.75, 3.05) is 13.7 Å². The van der Waals surface area contributed by atoms with Gasteiger partial charge >= 0.3 is 0 Å². The molecule has 0 amide bonds. The monoisotopic (exact) mass is 416 g/mol. The van der Waals surface area contributed by atoms with Crippen molar-refractivity contribution in [3.8, 4) is 22.1 Å². The van der Waals surface area contributed by atoms with E-state index in [0.29, 0.717) is 6.61 Å². The number of methoxy groups -OCH3 is 1. The van der Waals surface area contributed by atoms with Crippen molar-refractivity contribution in [2.45, 2.75) is 50.1 Å². The van der Waals surface area contributed by atoms with Crippen LogP contribution in [0.15, 0.2) is 28.7 Å². The number of hydrogen-bond acceptors (Lipinski definition) is 7. The number of hydrogen-bond donors (Lipinski definition) is 0. The number of ether oxygens (including phenoxy) is 2. The van der Waals surface area contributed by atoms with E-state index in [-0.39, 0.29) is 0 Å². The summed E-state index contributed by atoms with van der Waals surface area (Å²) >= 11 is 3.36. The molecule has 1 aliphatic heterocycles. The molecule has 0 aliphatic carbocycles. The molecule has 0 spiro atoms. The molecule has 148 valence electrons. The summed E-state index contributed by atoms with van der Waals surface area (Å²) in [6, 6.07) is 5.96. The minimum Gasteiger partial charge on any atom is -0.493 e. The van der Waals surface area contributed by atoms with Gasteiger partial charge in [0.1, 0.15) is 10.8 Å². The van der Waals surface area contributed by atoms with Crippen molar-refractivity contribution in [2.24, 2.45) is 0 Å². The van der Waals surface area contributed by atoms with Crippen molar-refractivity contribution < 1.29 is 9.47 Å². The highest BCUT2D eigenvalue weighted by molar-refractivity contribution is 7.98. The molecule has 1 aliphatic rings. The summed E-state index contributed by atoms with van der Waals surface area (Å²) < 4.78 is 13.3. The molecule has 2 aromatic heterocycles. The van der Waals surface area contributed by atoms with Crippen molar-refractivity contribution >= 4 is 23.1 Å². The van der Waals surface area contributed by atoms with E-state index >= 15 is 0 Å². The summed E-state index contributed by atoms with van der Waals surface area (Å²) in [5, 5.41) is 12.9. The Balaban J connectivity index is 1.46. The van der Waals surface area contributed by atoms with Crippen LogP contribution in [0.3, 0.4) is 0 Å². The third-order valence-corrected chi connectivity index (χ3v) is 6.63. The van der Waals surface area contributed by atoms with Crippen LogP contribution in [0.2, 0.25) is 0 Å². The highest BCUT2D eigenvalue weighted by Crippen LogP contribution is 2.34. The van der Waals surface area contributed by atoms with Gasteiger partial charge < -0.3 is 14.0 Å². The highest BCUT2D eigenvalue weighted by atomic mass is 32.2. The van der Waals surface area contributed by atoms with Crippen LogP contribution in [0.4, 0.5) is 0 Å². The molecule has 0 radical (unpaired) electrons. The van der Waals surface area contributed by atoms with Gasteiger partial charge in [-0.15, -0.1) is 21.5 Å². The topological polar surface area (TPSA) is 62.1 Å². The normalized spacial score (nSPS) is 13.8. The number of nitrogens with zero attached hydrogens (tertiary/aromatic N) is 4. The van der Waals surface area contributed by atoms with Crippen LogP contribution in [-0.4, -0.2) is 33.5 Å². The van der Waals surface area contributed by atoms with Gasteiger partial charge in [0.05, 0.1) is 19.4 Å². The predicted octanol–water partition coefficient (Wildman–Crippen LogP) is 4.83. The average Bonchev–Trinajstić information content (AvgIpc) is 3.27. The minimum absolute atomic E-state index is 0.612. The first kappa shape index (κ1) is 19.3. The van der Waals surface area contributed by atoms with Crippen LogP contribution in [0.1, 0.15) is 37.7 Å². The summed E-state index contributed by atoms with van der Waals surface area (Å²) in [6.45, 7) is 3.60. The molecule has 28 heavy (non-hydrogen) atoms. The van der Waals surface area contributed by atoms with Crippen LogP contribution in [-0.2, 0) is 18.7 Å². The molecule has 0 atom stereocenters. The lowest BCUT2D eigenvalue weighted by Crippen LogP contribution is -2.02. The Morgan fingerprint density at radius 3 is 2.96 bits per heavy atom. The van der Waals surface area contributed by atoms with Gasteiger partial charge in [-0.2, -0.15) is 0 Å². The Labute approximate surface area is 173 Å². The fourth-order valence-corrected chi connectivity index (χ4v) is 5.08. The zero-order valence-corrected chi connectivity index (χ0v) is 17.8. The molecule has 3 aromatic rings. The van der Waals surface area contributed by atoms with Gasteiger partial charge in [0.2, 0.25) is 0 Å². The van der Waals surface area contributed by atoms with Gasteiger partial charge in [0, 0.05) is 29.7 Å². The van der Waals surface area contributed by atoms with E-state index in [9.17, 15) is 0 Å². The maximum Gasteiger partial charge on any atom is 0.191 e. The number of aromatic nitrogens is 4. The average molecular weight is 417 g/mol. The van der Waals surface area contributed by atoms with Crippen molar-refractivity contribution in [3.63, 3.8) is 0 Å². The van der Waals surface area contributed by atoms with E-state index in [0.717, 1.165) is 57.5 Å². The van der Waals surface area contributed by atoms with E-state index < -0.39 is 0 Å². The summed E-state index contributed by atoms with van der Waals surface area (Å²) in [7, 11) is 1.66. The zero-order chi connectivity index (χ0) is 19.3. The largest absolute Gasteiger partial charge is 0.493 e. The molecule has 8 heteroatoms. The lowest BCUT2D eigenvalue weighted by Gasteiger charge is -2.09. The number of rotatable bonds is 7. The second-order valence-corrected chi connectivity index (χ2v) is 8.39. The van der Waals surface area contributed by atoms with Crippen molar-refractivity contribution in [1.82, 2.24) is 19.7 Å². The minimum atomic E-state index is 0.612. The van der Waals surface area contributed by atoms with Crippen LogP contribution in [0.5, 0.6) is 11.5 Å². The first-order valence-corrected chi connectivity index (χ1v) is 11.5. The second-order valence-electron chi connectivity index (χ2n) is 6.59. The Morgan fingerprint density at radius 1 is 1.18 bits per heavy atom. The Hall–Kier alpha value is -2.06. The lowest BCUT2D eigenvalue weighted by molar-refractivity contribution is 0.311. The van der Waals surface area contributed by atoms with Crippen LogP contribution >= 0.6 is 23.1 Å². The van der Waals surface area contributed by atoms with E-state index in [2.05, 4.69) is 20.1 Å². The predicted molar refractivity (Wildman–Crippen MR) is 112 cm³/mol. The summed E-state index contributed by atoms with van der Waals surface area (Å²) in [5.74, 6) is 3.41. The molecule has 0 N–H and O–H groups in total. The number of fused-ring (bicyclic) bond motifs is 1.